The maximum atomic E-state index is 12.8. The molecule has 0 N–H and O–H groups in total. The molecule has 4 rings (SSSR count). The van der Waals surface area contributed by atoms with Gasteiger partial charge in [-0.25, -0.2) is 15.0 Å². The Morgan fingerprint density at radius 1 is 1.28 bits per heavy atom. The van der Waals surface area contributed by atoms with E-state index >= 15 is 0 Å². The topological polar surface area (TPSA) is 84.2 Å². The van der Waals surface area contributed by atoms with Crippen LogP contribution in [0.2, 0.25) is 0 Å². The summed E-state index contributed by atoms with van der Waals surface area (Å²) in [5.74, 6) is 0.961. The zero-order valence-corrected chi connectivity index (χ0v) is 17.1. The molecule has 4 heterocycles. The molecular formula is C21H28N6O2. The first kappa shape index (κ1) is 19.5. The molecule has 1 fully saturated rings. The van der Waals surface area contributed by atoms with Crippen LogP contribution in [-0.4, -0.2) is 54.2 Å². The summed E-state index contributed by atoms with van der Waals surface area (Å²) in [7, 11) is 0. The molecule has 2 amide bonds. The minimum atomic E-state index is -0.0257. The smallest absolute Gasteiger partial charge is 0.224 e. The molecular weight excluding hydrogens is 368 g/mol. The Bertz CT molecular complexity index is 881. The molecule has 0 aliphatic carbocycles. The monoisotopic (exact) mass is 396 g/mol. The summed E-state index contributed by atoms with van der Waals surface area (Å²) in [5.41, 5.74) is 2.02. The van der Waals surface area contributed by atoms with Gasteiger partial charge >= 0.3 is 0 Å². The van der Waals surface area contributed by atoms with Crippen LogP contribution < -0.4 is 0 Å². The number of piperidine rings is 1. The maximum Gasteiger partial charge on any atom is 0.224 e. The third-order valence-electron chi connectivity index (χ3n) is 6.01. The fraction of sp³-hybridized carbons (Fsp3) is 0.571. The van der Waals surface area contributed by atoms with E-state index in [9.17, 15) is 9.59 Å². The Kier molecular flexibility index (Phi) is 5.60. The summed E-state index contributed by atoms with van der Waals surface area (Å²) in [5, 5.41) is 0. The molecule has 2 atom stereocenters. The molecule has 0 aromatic carbocycles. The minimum absolute atomic E-state index is 0.0257. The number of rotatable bonds is 4. The second-order valence-corrected chi connectivity index (χ2v) is 8.05. The van der Waals surface area contributed by atoms with Gasteiger partial charge in [0.1, 0.15) is 0 Å². The van der Waals surface area contributed by atoms with E-state index in [1.165, 1.54) is 0 Å². The van der Waals surface area contributed by atoms with Gasteiger partial charge in [0.25, 0.3) is 0 Å². The van der Waals surface area contributed by atoms with E-state index in [1.54, 1.807) is 19.4 Å². The highest BCUT2D eigenvalue weighted by Gasteiger charge is 2.30. The van der Waals surface area contributed by atoms with E-state index in [-0.39, 0.29) is 23.9 Å². The van der Waals surface area contributed by atoms with E-state index < -0.39 is 0 Å². The van der Waals surface area contributed by atoms with Crippen molar-refractivity contribution in [3.05, 3.63) is 42.0 Å². The van der Waals surface area contributed by atoms with Crippen molar-refractivity contribution < 1.29 is 9.59 Å². The third-order valence-corrected chi connectivity index (χ3v) is 6.01. The lowest BCUT2D eigenvalue weighted by Crippen LogP contribution is -2.39. The Hall–Kier alpha value is -2.77. The van der Waals surface area contributed by atoms with Crippen molar-refractivity contribution in [1.82, 2.24) is 29.3 Å². The van der Waals surface area contributed by atoms with Crippen molar-refractivity contribution in [2.75, 3.05) is 13.1 Å². The second kappa shape index (κ2) is 8.31. The number of fused-ring (bicyclic) bond motifs is 1. The van der Waals surface area contributed by atoms with Crippen LogP contribution >= 0.6 is 0 Å². The largest absolute Gasteiger partial charge is 0.338 e. The van der Waals surface area contributed by atoms with Gasteiger partial charge in [-0.1, -0.05) is 0 Å². The highest BCUT2D eigenvalue weighted by atomic mass is 16.2. The Labute approximate surface area is 171 Å². The van der Waals surface area contributed by atoms with Gasteiger partial charge in [-0.05, 0) is 26.2 Å². The van der Waals surface area contributed by atoms with Gasteiger partial charge in [0.2, 0.25) is 11.8 Å². The first-order valence-electron chi connectivity index (χ1n) is 10.4. The number of aromatic nitrogens is 4. The number of hydrogen-bond acceptors (Lipinski definition) is 5. The number of carbonyl (C=O) groups excluding carboxylic acids is 2. The Balaban J connectivity index is 1.44. The molecule has 8 nitrogen and oxygen atoms in total. The van der Waals surface area contributed by atoms with Crippen LogP contribution in [0.5, 0.6) is 0 Å². The highest BCUT2D eigenvalue weighted by molar-refractivity contribution is 5.77. The van der Waals surface area contributed by atoms with Crippen LogP contribution in [0.25, 0.3) is 0 Å². The summed E-state index contributed by atoms with van der Waals surface area (Å²) in [6.45, 7) is 5.63. The van der Waals surface area contributed by atoms with E-state index in [0.29, 0.717) is 19.5 Å². The van der Waals surface area contributed by atoms with Gasteiger partial charge in [-0.3, -0.25) is 9.59 Å². The van der Waals surface area contributed by atoms with Gasteiger partial charge in [-0.2, -0.15) is 0 Å². The number of nitrogens with zero attached hydrogens (tertiary/aromatic N) is 6. The average molecular weight is 396 g/mol. The SMILES string of the molecule is CC(=O)N1CCCC[C@H]1c1ncc2c(n1)CCN(C(=O)C[C@@H](C)n1ccnc1)C2. The number of hydrogen-bond donors (Lipinski definition) is 0. The van der Waals surface area contributed by atoms with Crippen LogP contribution in [0.3, 0.4) is 0 Å². The molecule has 0 unspecified atom stereocenters. The van der Waals surface area contributed by atoms with Gasteiger partial charge in [-0.15, -0.1) is 0 Å². The second-order valence-electron chi connectivity index (χ2n) is 8.05. The van der Waals surface area contributed by atoms with Crippen molar-refractivity contribution in [3.8, 4) is 0 Å². The summed E-state index contributed by atoms with van der Waals surface area (Å²) in [6, 6.07) is 0.0520. The van der Waals surface area contributed by atoms with Gasteiger partial charge in [0.15, 0.2) is 5.82 Å². The summed E-state index contributed by atoms with van der Waals surface area (Å²) in [6.07, 6.45) is 11.4. The van der Waals surface area contributed by atoms with Crippen LogP contribution in [0.1, 0.15) is 68.7 Å². The normalized spacial score (nSPS) is 20.3. The fourth-order valence-corrected chi connectivity index (χ4v) is 4.30. The molecule has 2 aromatic heterocycles. The molecule has 0 spiro atoms. The lowest BCUT2D eigenvalue weighted by molar-refractivity contribution is -0.133. The van der Waals surface area contributed by atoms with Gasteiger partial charge < -0.3 is 14.4 Å². The van der Waals surface area contributed by atoms with Crippen molar-refractivity contribution in [3.63, 3.8) is 0 Å². The lowest BCUT2D eigenvalue weighted by atomic mass is 10.00. The lowest BCUT2D eigenvalue weighted by Gasteiger charge is -2.35. The molecule has 29 heavy (non-hydrogen) atoms. The Morgan fingerprint density at radius 2 is 2.14 bits per heavy atom. The molecule has 0 saturated carbocycles. The van der Waals surface area contributed by atoms with Gasteiger partial charge in [0.05, 0.1) is 18.1 Å². The first-order chi connectivity index (χ1) is 14.0. The van der Waals surface area contributed by atoms with Crippen molar-refractivity contribution >= 4 is 11.8 Å². The standard InChI is InChI=1S/C21H28N6O2/c1-15(26-10-7-22-14-26)11-20(29)25-9-6-18-17(13-25)12-23-21(24-18)19-5-3-4-8-27(19)16(2)28/h7,10,12,14-15,19H,3-6,8-9,11,13H2,1-2H3/t15-,19+/m1/s1. The molecule has 1 saturated heterocycles. The zero-order valence-electron chi connectivity index (χ0n) is 17.1. The summed E-state index contributed by atoms with van der Waals surface area (Å²) in [4.78, 5) is 42.0. The Morgan fingerprint density at radius 3 is 2.90 bits per heavy atom. The zero-order chi connectivity index (χ0) is 20.4. The summed E-state index contributed by atoms with van der Waals surface area (Å²) >= 11 is 0. The molecule has 0 radical (unpaired) electrons. The molecule has 2 aliphatic rings. The van der Waals surface area contributed by atoms with Crippen LogP contribution in [0, 0.1) is 0 Å². The predicted molar refractivity (Wildman–Crippen MR) is 107 cm³/mol. The van der Waals surface area contributed by atoms with E-state index in [4.69, 9.17) is 4.98 Å². The highest BCUT2D eigenvalue weighted by Crippen LogP contribution is 2.30. The number of imidazole rings is 1. The minimum Gasteiger partial charge on any atom is -0.338 e. The number of carbonyl (C=O) groups is 2. The predicted octanol–water partition coefficient (Wildman–Crippen LogP) is 2.28. The number of likely N-dealkylation sites (tertiary alicyclic amines) is 1. The van der Waals surface area contributed by atoms with E-state index in [2.05, 4.69) is 9.97 Å². The van der Waals surface area contributed by atoms with Gasteiger partial charge in [0, 0.05) is 69.6 Å². The molecule has 2 aliphatic heterocycles. The van der Waals surface area contributed by atoms with Crippen molar-refractivity contribution in [2.45, 2.75) is 64.6 Å². The van der Waals surface area contributed by atoms with E-state index in [1.807, 2.05) is 33.7 Å². The van der Waals surface area contributed by atoms with Crippen LogP contribution in [-0.2, 0) is 22.6 Å². The fourth-order valence-electron chi connectivity index (χ4n) is 4.30. The van der Waals surface area contributed by atoms with Crippen LogP contribution in [0.4, 0.5) is 0 Å². The van der Waals surface area contributed by atoms with Crippen molar-refractivity contribution in [2.24, 2.45) is 0 Å². The quantitative estimate of drug-likeness (QED) is 0.792. The number of amides is 2. The van der Waals surface area contributed by atoms with Crippen LogP contribution in [0.15, 0.2) is 24.9 Å². The molecule has 154 valence electrons. The molecule has 0 bridgehead atoms. The third kappa shape index (κ3) is 4.16. The average Bonchev–Trinajstić information content (AvgIpc) is 3.28. The molecule has 2 aromatic rings. The maximum absolute atomic E-state index is 12.8. The summed E-state index contributed by atoms with van der Waals surface area (Å²) < 4.78 is 1.95. The first-order valence-corrected chi connectivity index (χ1v) is 10.4. The van der Waals surface area contributed by atoms with Crippen molar-refractivity contribution in [1.29, 1.82) is 0 Å². The van der Waals surface area contributed by atoms with E-state index in [0.717, 1.165) is 49.3 Å². The molecule has 8 heteroatoms.